The van der Waals surface area contributed by atoms with Gasteiger partial charge in [-0.05, 0) is 19.3 Å². The van der Waals surface area contributed by atoms with Crippen LogP contribution in [0.5, 0.6) is 0 Å². The molecule has 3 rings (SSSR count). The number of aliphatic hydroxyl groups excluding tert-OH is 1. The molecule has 1 aromatic rings. The molecule has 0 bridgehead atoms. The summed E-state index contributed by atoms with van der Waals surface area (Å²) < 4.78 is 24.5. The lowest BCUT2D eigenvalue weighted by atomic mass is 10.0. The number of aliphatic hydroxyl groups is 1. The monoisotopic (exact) mass is 317 g/mol. The molecule has 0 spiro atoms. The van der Waals surface area contributed by atoms with Gasteiger partial charge in [-0.1, -0.05) is 11.3 Å². The van der Waals surface area contributed by atoms with Gasteiger partial charge in [-0.25, -0.2) is 13.4 Å². The second-order valence-corrected chi connectivity index (χ2v) is 8.36. The first-order valence-corrected chi connectivity index (χ1v) is 9.49. The summed E-state index contributed by atoms with van der Waals surface area (Å²) in [5, 5.41) is 10.9. The third kappa shape index (κ3) is 2.69. The number of sulfonamides is 1. The number of hydrogen-bond donors (Lipinski definition) is 1. The Labute approximate surface area is 123 Å². The van der Waals surface area contributed by atoms with Crippen LogP contribution in [0.2, 0.25) is 0 Å². The standard InChI is InChI=1S/C12H19N3O3S2/c1-20(17,18)15-7-5-14(6-8-15)12-13-9-3-2-4-10(16)11(9)19-12/h10,16H,2-8H2,1H3. The fraction of sp³-hybridized carbons (Fsp3) is 0.750. The smallest absolute Gasteiger partial charge is 0.211 e. The number of anilines is 1. The molecule has 0 aromatic carbocycles. The van der Waals surface area contributed by atoms with E-state index in [0.29, 0.717) is 26.2 Å². The van der Waals surface area contributed by atoms with Crippen molar-refractivity contribution in [3.63, 3.8) is 0 Å². The Hall–Kier alpha value is -0.700. The van der Waals surface area contributed by atoms with Gasteiger partial charge in [-0.3, -0.25) is 0 Å². The normalized spacial score (nSPS) is 24.7. The van der Waals surface area contributed by atoms with E-state index in [0.717, 1.165) is 35.0 Å². The van der Waals surface area contributed by atoms with E-state index in [1.807, 2.05) is 0 Å². The number of piperazine rings is 1. The fourth-order valence-electron chi connectivity index (χ4n) is 2.73. The van der Waals surface area contributed by atoms with Crippen LogP contribution >= 0.6 is 11.3 Å². The number of aromatic nitrogens is 1. The maximum Gasteiger partial charge on any atom is 0.211 e. The van der Waals surface area contributed by atoms with Crippen LogP contribution in [0.15, 0.2) is 0 Å². The van der Waals surface area contributed by atoms with Crippen molar-refractivity contribution in [2.45, 2.75) is 25.4 Å². The number of hydrogen-bond acceptors (Lipinski definition) is 6. The Kier molecular flexibility index (Phi) is 3.74. The van der Waals surface area contributed by atoms with Crippen molar-refractivity contribution in [3.8, 4) is 0 Å². The van der Waals surface area contributed by atoms with E-state index in [9.17, 15) is 13.5 Å². The van der Waals surface area contributed by atoms with Crippen molar-refractivity contribution in [1.82, 2.24) is 9.29 Å². The largest absolute Gasteiger partial charge is 0.388 e. The van der Waals surface area contributed by atoms with Crippen LogP contribution in [-0.2, 0) is 16.4 Å². The summed E-state index contributed by atoms with van der Waals surface area (Å²) >= 11 is 1.56. The summed E-state index contributed by atoms with van der Waals surface area (Å²) in [6.45, 7) is 2.34. The summed E-state index contributed by atoms with van der Waals surface area (Å²) in [4.78, 5) is 7.75. The lowest BCUT2D eigenvalue weighted by Crippen LogP contribution is -2.48. The van der Waals surface area contributed by atoms with Crippen molar-refractivity contribution in [2.24, 2.45) is 0 Å². The predicted molar refractivity (Wildman–Crippen MR) is 78.6 cm³/mol. The molecule has 1 aromatic heterocycles. The van der Waals surface area contributed by atoms with Gasteiger partial charge in [-0.15, -0.1) is 0 Å². The van der Waals surface area contributed by atoms with Crippen LogP contribution in [0.1, 0.15) is 29.5 Å². The molecule has 6 nitrogen and oxygen atoms in total. The Morgan fingerprint density at radius 2 is 2.00 bits per heavy atom. The molecular formula is C12H19N3O3S2. The molecule has 0 amide bonds. The molecule has 1 unspecified atom stereocenters. The molecule has 1 atom stereocenters. The lowest BCUT2D eigenvalue weighted by Gasteiger charge is -2.32. The summed E-state index contributed by atoms with van der Waals surface area (Å²) in [6.07, 6.45) is 3.62. The first-order chi connectivity index (χ1) is 9.45. The highest BCUT2D eigenvalue weighted by atomic mass is 32.2. The van der Waals surface area contributed by atoms with Crippen LogP contribution in [0.3, 0.4) is 0 Å². The molecule has 1 aliphatic heterocycles. The fourth-order valence-corrected chi connectivity index (χ4v) is 4.74. The highest BCUT2D eigenvalue weighted by Crippen LogP contribution is 2.37. The topological polar surface area (TPSA) is 73.7 Å². The predicted octanol–water partition coefficient (Wildman–Crippen LogP) is 0.594. The third-order valence-electron chi connectivity index (χ3n) is 3.89. The quantitative estimate of drug-likeness (QED) is 0.864. The molecule has 1 aliphatic carbocycles. The van der Waals surface area contributed by atoms with Gasteiger partial charge in [0.15, 0.2) is 5.13 Å². The van der Waals surface area contributed by atoms with Gasteiger partial charge in [0.25, 0.3) is 0 Å². The minimum Gasteiger partial charge on any atom is -0.388 e. The van der Waals surface area contributed by atoms with Gasteiger partial charge in [0.1, 0.15) is 0 Å². The van der Waals surface area contributed by atoms with Crippen LogP contribution in [-0.4, -0.2) is 55.2 Å². The molecular weight excluding hydrogens is 298 g/mol. The van der Waals surface area contributed by atoms with Gasteiger partial charge < -0.3 is 10.0 Å². The van der Waals surface area contributed by atoms with Gasteiger partial charge in [0.05, 0.1) is 22.9 Å². The third-order valence-corrected chi connectivity index (χ3v) is 6.45. The molecule has 1 N–H and O–H groups in total. The van der Waals surface area contributed by atoms with Crippen molar-refractivity contribution in [1.29, 1.82) is 0 Å². The Bertz CT molecular complexity index is 591. The van der Waals surface area contributed by atoms with Crippen molar-refractivity contribution in [2.75, 3.05) is 37.3 Å². The summed E-state index contributed by atoms with van der Waals surface area (Å²) in [5.41, 5.74) is 1.02. The van der Waals surface area contributed by atoms with Crippen molar-refractivity contribution < 1.29 is 13.5 Å². The minimum atomic E-state index is -3.09. The van der Waals surface area contributed by atoms with Crippen LogP contribution in [0.25, 0.3) is 0 Å². The van der Waals surface area contributed by atoms with Gasteiger partial charge in [0.2, 0.25) is 10.0 Å². The van der Waals surface area contributed by atoms with E-state index in [4.69, 9.17) is 0 Å². The van der Waals surface area contributed by atoms with E-state index in [2.05, 4.69) is 9.88 Å². The number of nitrogens with zero attached hydrogens (tertiary/aromatic N) is 3. The molecule has 112 valence electrons. The summed E-state index contributed by atoms with van der Waals surface area (Å²) in [5.74, 6) is 0. The molecule has 0 radical (unpaired) electrons. The first kappa shape index (κ1) is 14.2. The Balaban J connectivity index is 1.73. The maximum absolute atomic E-state index is 11.5. The van der Waals surface area contributed by atoms with Gasteiger partial charge in [-0.2, -0.15) is 4.31 Å². The van der Waals surface area contributed by atoms with E-state index in [1.165, 1.54) is 10.6 Å². The average Bonchev–Trinajstić information content (AvgIpc) is 2.83. The molecule has 1 saturated heterocycles. The Morgan fingerprint density at radius 3 is 2.60 bits per heavy atom. The molecule has 20 heavy (non-hydrogen) atoms. The van der Waals surface area contributed by atoms with Crippen molar-refractivity contribution in [3.05, 3.63) is 10.6 Å². The van der Waals surface area contributed by atoms with Crippen LogP contribution < -0.4 is 4.90 Å². The van der Waals surface area contributed by atoms with E-state index in [1.54, 1.807) is 11.3 Å². The van der Waals surface area contributed by atoms with E-state index < -0.39 is 10.0 Å². The number of thiazole rings is 1. The highest BCUT2D eigenvalue weighted by molar-refractivity contribution is 7.88. The van der Waals surface area contributed by atoms with E-state index in [-0.39, 0.29) is 6.10 Å². The zero-order chi connectivity index (χ0) is 14.3. The number of fused-ring (bicyclic) bond motifs is 1. The lowest BCUT2D eigenvalue weighted by molar-refractivity contribution is 0.160. The average molecular weight is 317 g/mol. The summed E-state index contributed by atoms with van der Waals surface area (Å²) in [6, 6.07) is 0. The number of rotatable bonds is 2. The summed E-state index contributed by atoms with van der Waals surface area (Å²) in [7, 11) is -3.09. The molecule has 2 heterocycles. The Morgan fingerprint density at radius 1 is 1.30 bits per heavy atom. The molecule has 1 fully saturated rings. The molecule has 2 aliphatic rings. The molecule has 8 heteroatoms. The van der Waals surface area contributed by atoms with E-state index >= 15 is 0 Å². The number of aryl methyl sites for hydroxylation is 1. The maximum atomic E-state index is 11.5. The van der Waals surface area contributed by atoms with Crippen LogP contribution in [0.4, 0.5) is 5.13 Å². The second-order valence-electron chi connectivity index (χ2n) is 5.36. The zero-order valence-electron chi connectivity index (χ0n) is 11.4. The second kappa shape index (κ2) is 5.25. The highest BCUT2D eigenvalue weighted by Gasteiger charge is 2.28. The SMILES string of the molecule is CS(=O)(=O)N1CCN(c2nc3c(s2)C(O)CCC3)CC1. The molecule has 0 saturated carbocycles. The zero-order valence-corrected chi connectivity index (χ0v) is 13.1. The van der Waals surface area contributed by atoms with Gasteiger partial charge in [0, 0.05) is 26.2 Å². The first-order valence-electron chi connectivity index (χ1n) is 6.83. The van der Waals surface area contributed by atoms with Crippen LogP contribution in [0, 0.1) is 0 Å². The minimum absolute atomic E-state index is 0.373. The van der Waals surface area contributed by atoms with Gasteiger partial charge >= 0.3 is 0 Å². The van der Waals surface area contributed by atoms with Crippen molar-refractivity contribution >= 4 is 26.5 Å².